The van der Waals surface area contributed by atoms with E-state index in [0.29, 0.717) is 0 Å². The van der Waals surface area contributed by atoms with Crippen molar-refractivity contribution in [3.63, 3.8) is 0 Å². The summed E-state index contributed by atoms with van der Waals surface area (Å²) in [5.74, 6) is 0.191. The Labute approximate surface area is 97.2 Å². The fourth-order valence-electron chi connectivity index (χ4n) is 1.13. The number of benzene rings is 1. The Bertz CT molecular complexity index is 439. The Morgan fingerprint density at radius 1 is 1.25 bits per heavy atom. The van der Waals surface area contributed by atoms with Gasteiger partial charge in [-0.25, -0.2) is 0 Å². The standard InChI is InChI=1S/C9H13NO3S.C2H6/c1-6(2)7-3-4-8(10)9(5-7)14(11,12)13;1-2/h3-6H,10H2,1-2H3,(H,11,12,13);1-2H3. The SMILES string of the molecule is CC.CC(C)c1ccc(N)c(S(=O)(=O)O)c1. The summed E-state index contributed by atoms with van der Waals surface area (Å²) in [5.41, 5.74) is 6.33. The van der Waals surface area contributed by atoms with E-state index in [2.05, 4.69) is 0 Å². The van der Waals surface area contributed by atoms with Gasteiger partial charge in [0.05, 0.1) is 5.69 Å². The third-order valence-corrected chi connectivity index (χ3v) is 2.89. The van der Waals surface area contributed by atoms with Crippen LogP contribution in [0.25, 0.3) is 0 Å². The normalized spacial score (nSPS) is 10.9. The third-order valence-electron chi connectivity index (χ3n) is 1.98. The first-order chi connectivity index (χ1) is 7.32. The van der Waals surface area contributed by atoms with Crippen molar-refractivity contribution in [2.45, 2.75) is 38.5 Å². The van der Waals surface area contributed by atoms with Crippen molar-refractivity contribution in [3.8, 4) is 0 Å². The van der Waals surface area contributed by atoms with Gasteiger partial charge < -0.3 is 5.73 Å². The molecule has 0 spiro atoms. The van der Waals surface area contributed by atoms with Crippen LogP contribution in [0.1, 0.15) is 39.2 Å². The molecular weight excluding hydrogens is 226 g/mol. The molecule has 0 bridgehead atoms. The van der Waals surface area contributed by atoms with Crippen molar-refractivity contribution in [1.82, 2.24) is 0 Å². The van der Waals surface area contributed by atoms with E-state index in [1.165, 1.54) is 12.1 Å². The third kappa shape index (κ3) is 3.83. The van der Waals surface area contributed by atoms with Gasteiger partial charge in [-0.1, -0.05) is 33.8 Å². The molecular formula is C11H19NO3S. The molecule has 0 aliphatic carbocycles. The molecule has 0 heterocycles. The van der Waals surface area contributed by atoms with Crippen molar-refractivity contribution in [2.24, 2.45) is 0 Å². The Kier molecular flexibility index (Phi) is 5.47. The molecule has 5 heteroatoms. The summed E-state index contributed by atoms with van der Waals surface area (Å²) >= 11 is 0. The van der Waals surface area contributed by atoms with Gasteiger partial charge in [-0.2, -0.15) is 8.42 Å². The second-order valence-electron chi connectivity index (χ2n) is 3.43. The largest absolute Gasteiger partial charge is 0.398 e. The number of hydrogen-bond acceptors (Lipinski definition) is 3. The first-order valence-electron chi connectivity index (χ1n) is 5.19. The van der Waals surface area contributed by atoms with Crippen LogP contribution in [-0.4, -0.2) is 13.0 Å². The molecule has 0 aliphatic heterocycles. The zero-order valence-corrected chi connectivity index (χ0v) is 10.9. The lowest BCUT2D eigenvalue weighted by Gasteiger charge is -2.08. The van der Waals surface area contributed by atoms with E-state index in [9.17, 15) is 8.42 Å². The second-order valence-corrected chi connectivity index (χ2v) is 4.82. The van der Waals surface area contributed by atoms with Gasteiger partial charge in [-0.3, -0.25) is 4.55 Å². The zero-order chi connectivity index (χ0) is 12.9. The molecule has 0 saturated carbocycles. The van der Waals surface area contributed by atoms with E-state index < -0.39 is 10.1 Å². The first-order valence-corrected chi connectivity index (χ1v) is 6.63. The van der Waals surface area contributed by atoms with E-state index in [4.69, 9.17) is 10.3 Å². The summed E-state index contributed by atoms with van der Waals surface area (Å²) in [4.78, 5) is -0.219. The van der Waals surface area contributed by atoms with Crippen LogP contribution in [-0.2, 0) is 10.1 Å². The van der Waals surface area contributed by atoms with E-state index in [-0.39, 0.29) is 16.5 Å². The highest BCUT2D eigenvalue weighted by Gasteiger charge is 2.15. The molecule has 0 aliphatic rings. The quantitative estimate of drug-likeness (QED) is 0.620. The summed E-state index contributed by atoms with van der Waals surface area (Å²) in [6, 6.07) is 4.63. The van der Waals surface area contributed by atoms with Crippen LogP contribution in [0.3, 0.4) is 0 Å². The molecule has 0 fully saturated rings. The van der Waals surface area contributed by atoms with Gasteiger partial charge in [0, 0.05) is 0 Å². The summed E-state index contributed by atoms with van der Waals surface area (Å²) < 4.78 is 30.7. The smallest absolute Gasteiger partial charge is 0.296 e. The maximum absolute atomic E-state index is 10.9. The van der Waals surface area contributed by atoms with Crippen LogP contribution in [0.2, 0.25) is 0 Å². The topological polar surface area (TPSA) is 80.4 Å². The number of nitrogens with two attached hydrogens (primary N) is 1. The summed E-state index contributed by atoms with van der Waals surface area (Å²) in [6.07, 6.45) is 0. The Hall–Kier alpha value is -1.07. The number of anilines is 1. The minimum atomic E-state index is -4.21. The maximum atomic E-state index is 10.9. The molecule has 0 saturated heterocycles. The van der Waals surface area contributed by atoms with Gasteiger partial charge in [0.2, 0.25) is 0 Å². The minimum Gasteiger partial charge on any atom is -0.398 e. The monoisotopic (exact) mass is 245 g/mol. The van der Waals surface area contributed by atoms with Crippen LogP contribution in [0.4, 0.5) is 5.69 Å². The lowest BCUT2D eigenvalue weighted by atomic mass is 10.0. The van der Waals surface area contributed by atoms with Crippen molar-refractivity contribution < 1.29 is 13.0 Å². The van der Waals surface area contributed by atoms with E-state index in [0.717, 1.165) is 5.56 Å². The van der Waals surface area contributed by atoms with Crippen molar-refractivity contribution in [2.75, 3.05) is 5.73 Å². The molecule has 1 rings (SSSR count). The van der Waals surface area contributed by atoms with Crippen LogP contribution in [0.5, 0.6) is 0 Å². The second kappa shape index (κ2) is 5.86. The molecule has 0 radical (unpaired) electrons. The van der Waals surface area contributed by atoms with Gasteiger partial charge in [0.15, 0.2) is 0 Å². The van der Waals surface area contributed by atoms with Crippen LogP contribution in [0, 0.1) is 0 Å². The zero-order valence-electron chi connectivity index (χ0n) is 10.1. The van der Waals surface area contributed by atoms with Crippen molar-refractivity contribution in [3.05, 3.63) is 23.8 Å². The highest BCUT2D eigenvalue weighted by Crippen LogP contribution is 2.23. The van der Waals surface area contributed by atoms with E-state index in [1.807, 2.05) is 27.7 Å². The molecule has 92 valence electrons. The maximum Gasteiger partial charge on any atom is 0.296 e. The van der Waals surface area contributed by atoms with Gasteiger partial charge in [-0.05, 0) is 23.6 Å². The Morgan fingerprint density at radius 3 is 2.12 bits per heavy atom. The predicted octanol–water partition coefficient (Wildman–Crippen LogP) is 2.67. The molecule has 0 amide bonds. The van der Waals surface area contributed by atoms with Gasteiger partial charge in [-0.15, -0.1) is 0 Å². The predicted molar refractivity (Wildman–Crippen MR) is 66.1 cm³/mol. The molecule has 1 aromatic rings. The number of rotatable bonds is 2. The number of nitrogen functional groups attached to an aromatic ring is 1. The van der Waals surface area contributed by atoms with Gasteiger partial charge in [0.1, 0.15) is 4.90 Å². The lowest BCUT2D eigenvalue weighted by molar-refractivity contribution is 0.483. The summed E-state index contributed by atoms with van der Waals surface area (Å²) in [6.45, 7) is 7.86. The number of hydrogen-bond donors (Lipinski definition) is 2. The average Bonchev–Trinajstić information content (AvgIpc) is 2.19. The van der Waals surface area contributed by atoms with Gasteiger partial charge >= 0.3 is 0 Å². The summed E-state index contributed by atoms with van der Waals surface area (Å²) in [5, 5.41) is 0. The molecule has 0 atom stereocenters. The minimum absolute atomic E-state index is 0.0666. The van der Waals surface area contributed by atoms with Crippen LogP contribution >= 0.6 is 0 Å². The summed E-state index contributed by atoms with van der Waals surface area (Å²) in [7, 11) is -4.21. The lowest BCUT2D eigenvalue weighted by Crippen LogP contribution is -2.04. The average molecular weight is 245 g/mol. The fraction of sp³-hybridized carbons (Fsp3) is 0.455. The molecule has 0 unspecified atom stereocenters. The molecule has 16 heavy (non-hydrogen) atoms. The molecule has 3 N–H and O–H groups in total. The van der Waals surface area contributed by atoms with Crippen molar-refractivity contribution >= 4 is 15.8 Å². The van der Waals surface area contributed by atoms with Gasteiger partial charge in [0.25, 0.3) is 10.1 Å². The van der Waals surface area contributed by atoms with E-state index >= 15 is 0 Å². The van der Waals surface area contributed by atoms with Crippen molar-refractivity contribution in [1.29, 1.82) is 0 Å². The molecule has 1 aromatic carbocycles. The van der Waals surface area contributed by atoms with E-state index in [1.54, 1.807) is 6.07 Å². The Balaban J connectivity index is 0.00000106. The molecule has 4 nitrogen and oxygen atoms in total. The highest BCUT2D eigenvalue weighted by molar-refractivity contribution is 7.86. The first kappa shape index (κ1) is 14.9. The fourth-order valence-corrected chi connectivity index (χ4v) is 1.78. The van der Waals surface area contributed by atoms with Crippen LogP contribution in [0.15, 0.2) is 23.1 Å². The van der Waals surface area contributed by atoms with Crippen LogP contribution < -0.4 is 5.73 Å². The Morgan fingerprint density at radius 2 is 1.75 bits per heavy atom. The molecule has 0 aromatic heterocycles. The highest BCUT2D eigenvalue weighted by atomic mass is 32.2.